The third-order valence-electron chi connectivity index (χ3n) is 7.05. The molecule has 226 valence electrons. The predicted octanol–water partition coefficient (Wildman–Crippen LogP) is 5.11. The summed E-state index contributed by atoms with van der Waals surface area (Å²) in [5.74, 6) is 0.228. The summed E-state index contributed by atoms with van der Waals surface area (Å²) in [4.78, 5) is 29.1. The molecular formula is C33H43N3O5S. The van der Waals surface area contributed by atoms with Crippen molar-refractivity contribution in [2.24, 2.45) is 0 Å². The molecule has 0 aromatic heterocycles. The molecule has 3 aromatic carbocycles. The maximum absolute atomic E-state index is 13.9. The normalized spacial score (nSPS) is 11.9. The minimum absolute atomic E-state index is 0.0848. The quantitative estimate of drug-likeness (QED) is 0.233. The number of ether oxygens (including phenoxy) is 1. The number of methoxy groups -OCH3 is 1. The van der Waals surface area contributed by atoms with Gasteiger partial charge in [-0.25, -0.2) is 8.42 Å². The zero-order chi connectivity index (χ0) is 30.5. The topological polar surface area (TPSA) is 96.0 Å². The highest BCUT2D eigenvalue weighted by atomic mass is 32.2. The van der Waals surface area contributed by atoms with Crippen LogP contribution < -0.4 is 14.4 Å². The Bertz CT molecular complexity index is 1390. The Balaban J connectivity index is 1.86. The van der Waals surface area contributed by atoms with E-state index < -0.39 is 16.1 Å². The molecule has 0 aliphatic carbocycles. The van der Waals surface area contributed by atoms with Crippen molar-refractivity contribution in [2.45, 2.75) is 58.5 Å². The summed E-state index contributed by atoms with van der Waals surface area (Å²) in [5.41, 5.74) is 3.45. The second kappa shape index (κ2) is 16.0. The number of nitrogens with zero attached hydrogens (tertiary/aromatic N) is 2. The van der Waals surface area contributed by atoms with Crippen molar-refractivity contribution in [2.75, 3.05) is 30.8 Å². The number of amides is 2. The van der Waals surface area contributed by atoms with Crippen molar-refractivity contribution in [1.82, 2.24) is 10.2 Å². The third kappa shape index (κ3) is 9.91. The number of unbranched alkanes of at least 4 members (excludes halogenated alkanes) is 1. The standard InChI is InChI=1S/C33H43N3O5S/c1-5-6-21-34-33(38)31(24-27-13-8-7-9-14-27)35(25-28-15-10-12-26(2)23-28)32(37)16-11-22-36(42(4,39)40)29-17-19-30(41-3)20-18-29/h7-10,12-15,17-20,23,31H,5-6,11,16,21-22,24-25H2,1-4H3,(H,34,38)/t31-/m1/s1. The van der Waals surface area contributed by atoms with Crippen LogP contribution in [0.15, 0.2) is 78.9 Å². The Morgan fingerprint density at radius 1 is 0.929 bits per heavy atom. The molecule has 0 saturated heterocycles. The summed E-state index contributed by atoms with van der Waals surface area (Å²) in [6.45, 7) is 4.99. The largest absolute Gasteiger partial charge is 0.497 e. The third-order valence-corrected chi connectivity index (χ3v) is 8.24. The van der Waals surface area contributed by atoms with Crippen LogP contribution in [0.3, 0.4) is 0 Å². The highest BCUT2D eigenvalue weighted by molar-refractivity contribution is 7.92. The molecule has 2 amide bonds. The molecule has 9 heteroatoms. The summed E-state index contributed by atoms with van der Waals surface area (Å²) in [5, 5.41) is 3.03. The first-order chi connectivity index (χ1) is 20.1. The lowest BCUT2D eigenvalue weighted by molar-refractivity contribution is -0.141. The van der Waals surface area contributed by atoms with Gasteiger partial charge in [-0.15, -0.1) is 0 Å². The number of sulfonamides is 1. The van der Waals surface area contributed by atoms with Gasteiger partial charge in [0.1, 0.15) is 11.8 Å². The van der Waals surface area contributed by atoms with Gasteiger partial charge in [-0.3, -0.25) is 13.9 Å². The Kier molecular flexibility index (Phi) is 12.4. The lowest BCUT2D eigenvalue weighted by atomic mass is 10.0. The SMILES string of the molecule is CCCCNC(=O)[C@@H](Cc1ccccc1)N(Cc1cccc(C)c1)C(=O)CCCN(c1ccc(OC)cc1)S(C)(=O)=O. The van der Waals surface area contributed by atoms with Crippen molar-refractivity contribution in [3.63, 3.8) is 0 Å². The van der Waals surface area contributed by atoms with Crippen molar-refractivity contribution in [3.8, 4) is 5.75 Å². The fourth-order valence-electron chi connectivity index (χ4n) is 4.82. The van der Waals surface area contributed by atoms with Crippen LogP contribution in [0.2, 0.25) is 0 Å². The predicted molar refractivity (Wildman–Crippen MR) is 168 cm³/mol. The molecule has 0 aliphatic heterocycles. The second-order valence-corrected chi connectivity index (χ2v) is 12.4. The number of aryl methyl sites for hydroxylation is 1. The van der Waals surface area contributed by atoms with E-state index in [1.165, 1.54) is 4.31 Å². The van der Waals surface area contributed by atoms with Crippen molar-refractivity contribution >= 4 is 27.5 Å². The van der Waals surface area contributed by atoms with Gasteiger partial charge in [-0.05, 0) is 55.2 Å². The van der Waals surface area contributed by atoms with Crippen LogP contribution in [-0.2, 0) is 32.6 Å². The molecule has 1 N–H and O–H groups in total. The Labute approximate surface area is 250 Å². The van der Waals surface area contributed by atoms with E-state index >= 15 is 0 Å². The monoisotopic (exact) mass is 593 g/mol. The van der Waals surface area contributed by atoms with E-state index in [2.05, 4.69) is 12.2 Å². The molecule has 0 heterocycles. The van der Waals surface area contributed by atoms with Gasteiger partial charge in [0, 0.05) is 32.5 Å². The average Bonchev–Trinajstić information content (AvgIpc) is 2.97. The maximum Gasteiger partial charge on any atom is 0.243 e. The number of rotatable bonds is 16. The summed E-state index contributed by atoms with van der Waals surface area (Å²) >= 11 is 0. The van der Waals surface area contributed by atoms with Crippen molar-refractivity contribution < 1.29 is 22.7 Å². The molecule has 8 nitrogen and oxygen atoms in total. The molecule has 0 bridgehead atoms. The summed E-state index contributed by atoms with van der Waals surface area (Å²) in [6, 6.07) is 23.6. The molecule has 0 spiro atoms. The summed E-state index contributed by atoms with van der Waals surface area (Å²) in [7, 11) is -2.04. The van der Waals surface area contributed by atoms with Gasteiger partial charge in [0.05, 0.1) is 19.1 Å². The molecule has 0 saturated carbocycles. The van der Waals surface area contributed by atoms with E-state index in [0.29, 0.717) is 24.4 Å². The van der Waals surface area contributed by atoms with Gasteiger partial charge in [-0.1, -0.05) is 73.5 Å². The summed E-state index contributed by atoms with van der Waals surface area (Å²) < 4.78 is 31.8. The first kappa shape index (κ1) is 32.7. The van der Waals surface area contributed by atoms with Crippen LogP contribution in [0.5, 0.6) is 5.75 Å². The highest BCUT2D eigenvalue weighted by Crippen LogP contribution is 2.23. The molecule has 0 radical (unpaired) electrons. The molecule has 3 rings (SSSR count). The van der Waals surface area contributed by atoms with Crippen LogP contribution in [0.25, 0.3) is 0 Å². The highest BCUT2D eigenvalue weighted by Gasteiger charge is 2.30. The fraction of sp³-hybridized carbons (Fsp3) is 0.394. The first-order valence-electron chi connectivity index (χ1n) is 14.4. The number of carbonyl (C=O) groups excluding carboxylic acids is 2. The number of carbonyl (C=O) groups is 2. The Hall–Kier alpha value is -3.85. The van der Waals surface area contributed by atoms with Crippen LogP contribution in [0.4, 0.5) is 5.69 Å². The van der Waals surface area contributed by atoms with E-state index in [4.69, 9.17) is 4.74 Å². The van der Waals surface area contributed by atoms with Gasteiger partial charge in [0.2, 0.25) is 21.8 Å². The number of benzene rings is 3. The Morgan fingerprint density at radius 3 is 2.24 bits per heavy atom. The van der Waals surface area contributed by atoms with Crippen LogP contribution in [-0.4, -0.2) is 57.6 Å². The van der Waals surface area contributed by atoms with Crippen molar-refractivity contribution in [1.29, 1.82) is 0 Å². The lowest BCUT2D eigenvalue weighted by Gasteiger charge is -2.32. The second-order valence-electron chi connectivity index (χ2n) is 10.5. The molecule has 1 atom stereocenters. The minimum atomic E-state index is -3.59. The maximum atomic E-state index is 13.9. The van der Waals surface area contributed by atoms with E-state index in [9.17, 15) is 18.0 Å². The van der Waals surface area contributed by atoms with Gasteiger partial charge < -0.3 is 15.0 Å². The number of anilines is 1. The smallest absolute Gasteiger partial charge is 0.243 e. The molecular weight excluding hydrogens is 550 g/mol. The average molecular weight is 594 g/mol. The molecule has 0 fully saturated rings. The zero-order valence-corrected chi connectivity index (χ0v) is 25.9. The number of hydrogen-bond donors (Lipinski definition) is 1. The Morgan fingerprint density at radius 2 is 1.62 bits per heavy atom. The molecule has 0 unspecified atom stereocenters. The minimum Gasteiger partial charge on any atom is -0.497 e. The van der Waals surface area contributed by atoms with Crippen molar-refractivity contribution in [3.05, 3.63) is 95.6 Å². The zero-order valence-electron chi connectivity index (χ0n) is 25.1. The van der Waals surface area contributed by atoms with Gasteiger partial charge in [0.25, 0.3) is 0 Å². The van der Waals surface area contributed by atoms with Gasteiger partial charge in [-0.2, -0.15) is 0 Å². The van der Waals surface area contributed by atoms with Gasteiger partial charge >= 0.3 is 0 Å². The molecule has 3 aromatic rings. The summed E-state index contributed by atoms with van der Waals surface area (Å²) in [6.07, 6.45) is 3.69. The number of hydrogen-bond acceptors (Lipinski definition) is 5. The van der Waals surface area contributed by atoms with Gasteiger partial charge in [0.15, 0.2) is 0 Å². The lowest BCUT2D eigenvalue weighted by Crippen LogP contribution is -2.50. The first-order valence-corrected chi connectivity index (χ1v) is 16.3. The van der Waals surface area contributed by atoms with E-state index in [0.717, 1.165) is 35.8 Å². The number of nitrogens with one attached hydrogen (secondary N) is 1. The van der Waals surface area contributed by atoms with E-state index in [1.54, 1.807) is 36.3 Å². The van der Waals surface area contributed by atoms with E-state index in [1.807, 2.05) is 61.5 Å². The fourth-order valence-corrected chi connectivity index (χ4v) is 5.79. The van der Waals surface area contributed by atoms with E-state index in [-0.39, 0.29) is 37.7 Å². The van der Waals surface area contributed by atoms with Crippen LogP contribution >= 0.6 is 0 Å². The van der Waals surface area contributed by atoms with Crippen LogP contribution in [0.1, 0.15) is 49.3 Å². The molecule has 42 heavy (non-hydrogen) atoms. The van der Waals surface area contributed by atoms with Crippen LogP contribution in [0, 0.1) is 6.92 Å². The molecule has 0 aliphatic rings.